The first-order valence-electron chi connectivity index (χ1n) is 5.61. The molecule has 1 aromatic carbocycles. The summed E-state index contributed by atoms with van der Waals surface area (Å²) in [5, 5.41) is 10.0. The number of aliphatic hydroxyl groups excluding tert-OH is 1. The Bertz CT molecular complexity index is 393. The van der Waals surface area contributed by atoms with Crippen LogP contribution >= 0.6 is 24.0 Å². The number of rotatable bonds is 3. The molecule has 0 aliphatic rings. The van der Waals surface area contributed by atoms with Gasteiger partial charge in [-0.1, -0.05) is 44.5 Å². The van der Waals surface area contributed by atoms with E-state index in [0.29, 0.717) is 6.42 Å². The molecule has 2 atom stereocenters. The number of nitrogens with two attached hydrogens (primary N) is 1. The Kier molecular flexibility index (Phi) is 6.58. The summed E-state index contributed by atoms with van der Waals surface area (Å²) >= 11 is 5.67. The van der Waals surface area contributed by atoms with E-state index in [4.69, 9.17) is 17.3 Å². The van der Waals surface area contributed by atoms with E-state index in [1.807, 2.05) is 20.8 Å². The standard InChI is InChI=1S/C13H19ClFNO.ClH/c1-13(2,3)11(16)7-10(17)8-5-4-6-9(14)12(8)15;/h4-6,10-11,17H,7,16H2,1-3H3;1H/t10-,11+;/m1./s1. The summed E-state index contributed by atoms with van der Waals surface area (Å²) < 4.78 is 13.7. The van der Waals surface area contributed by atoms with Crippen molar-refractivity contribution in [3.8, 4) is 0 Å². The van der Waals surface area contributed by atoms with Gasteiger partial charge in [0.1, 0.15) is 5.82 Å². The molecule has 0 aromatic heterocycles. The molecule has 0 aliphatic carbocycles. The minimum absolute atomic E-state index is 0. The van der Waals surface area contributed by atoms with Gasteiger partial charge >= 0.3 is 0 Å². The van der Waals surface area contributed by atoms with Crippen molar-refractivity contribution in [2.75, 3.05) is 0 Å². The van der Waals surface area contributed by atoms with Crippen molar-refractivity contribution >= 4 is 24.0 Å². The average molecular weight is 296 g/mol. The molecule has 0 heterocycles. The molecule has 104 valence electrons. The molecule has 0 unspecified atom stereocenters. The number of halogens is 3. The lowest BCUT2D eigenvalue weighted by molar-refractivity contribution is 0.130. The van der Waals surface area contributed by atoms with Crippen LogP contribution in [-0.2, 0) is 0 Å². The lowest BCUT2D eigenvalue weighted by atomic mass is 9.83. The van der Waals surface area contributed by atoms with Crippen LogP contribution in [0.4, 0.5) is 4.39 Å². The fourth-order valence-electron chi connectivity index (χ4n) is 1.50. The van der Waals surface area contributed by atoms with Gasteiger partial charge in [-0.25, -0.2) is 4.39 Å². The average Bonchev–Trinajstić information content (AvgIpc) is 2.20. The van der Waals surface area contributed by atoms with Gasteiger partial charge in [0.25, 0.3) is 0 Å². The molecule has 0 saturated heterocycles. The Morgan fingerprint density at radius 1 is 1.39 bits per heavy atom. The van der Waals surface area contributed by atoms with E-state index in [0.717, 1.165) is 0 Å². The first-order chi connectivity index (χ1) is 7.73. The molecule has 3 N–H and O–H groups in total. The van der Waals surface area contributed by atoms with Crippen LogP contribution in [0.25, 0.3) is 0 Å². The maximum absolute atomic E-state index is 13.7. The Hall–Kier alpha value is -0.350. The predicted octanol–water partition coefficient (Wildman–Crippen LogP) is 3.70. The SMILES string of the molecule is CC(C)(C)[C@@H](N)C[C@@H](O)c1cccc(Cl)c1F.Cl. The van der Waals surface area contributed by atoms with Gasteiger partial charge < -0.3 is 10.8 Å². The van der Waals surface area contributed by atoms with Crippen molar-refractivity contribution in [3.05, 3.63) is 34.6 Å². The smallest absolute Gasteiger partial charge is 0.147 e. The number of aliphatic hydroxyl groups is 1. The number of hydrogen-bond donors (Lipinski definition) is 2. The van der Waals surface area contributed by atoms with Crippen molar-refractivity contribution in [2.24, 2.45) is 11.1 Å². The van der Waals surface area contributed by atoms with Crippen LogP contribution in [0, 0.1) is 11.2 Å². The van der Waals surface area contributed by atoms with Gasteiger partial charge in [0.2, 0.25) is 0 Å². The first-order valence-corrected chi connectivity index (χ1v) is 5.99. The lowest BCUT2D eigenvalue weighted by Gasteiger charge is -2.29. The Balaban J connectivity index is 0.00000289. The second-order valence-electron chi connectivity index (χ2n) is 5.37. The van der Waals surface area contributed by atoms with Crippen LogP contribution in [0.2, 0.25) is 5.02 Å². The van der Waals surface area contributed by atoms with E-state index < -0.39 is 11.9 Å². The predicted molar refractivity (Wildman–Crippen MR) is 75.7 cm³/mol. The summed E-state index contributed by atoms with van der Waals surface area (Å²) in [7, 11) is 0. The highest BCUT2D eigenvalue weighted by molar-refractivity contribution is 6.30. The third-order valence-corrected chi connectivity index (χ3v) is 3.22. The zero-order valence-corrected chi connectivity index (χ0v) is 12.4. The fourth-order valence-corrected chi connectivity index (χ4v) is 1.68. The van der Waals surface area contributed by atoms with Gasteiger partial charge in [-0.05, 0) is 17.9 Å². The Morgan fingerprint density at radius 2 is 1.94 bits per heavy atom. The molecule has 0 bridgehead atoms. The zero-order chi connectivity index (χ0) is 13.2. The second-order valence-corrected chi connectivity index (χ2v) is 5.77. The quantitative estimate of drug-likeness (QED) is 0.893. The minimum Gasteiger partial charge on any atom is -0.388 e. The molecule has 0 saturated carbocycles. The van der Waals surface area contributed by atoms with Gasteiger partial charge in [0.15, 0.2) is 0 Å². The molecule has 0 aliphatic heterocycles. The number of benzene rings is 1. The molecule has 5 heteroatoms. The summed E-state index contributed by atoms with van der Waals surface area (Å²) in [4.78, 5) is 0. The van der Waals surface area contributed by atoms with Crippen molar-refractivity contribution in [1.82, 2.24) is 0 Å². The molecule has 0 radical (unpaired) electrons. The summed E-state index contributed by atoms with van der Waals surface area (Å²) in [6.07, 6.45) is -0.622. The minimum atomic E-state index is -0.928. The van der Waals surface area contributed by atoms with Crippen LogP contribution in [0.5, 0.6) is 0 Å². The normalized spacial score (nSPS) is 14.8. The Morgan fingerprint density at radius 3 is 2.44 bits per heavy atom. The fraction of sp³-hybridized carbons (Fsp3) is 0.538. The highest BCUT2D eigenvalue weighted by Gasteiger charge is 2.25. The largest absolute Gasteiger partial charge is 0.388 e. The van der Waals surface area contributed by atoms with E-state index in [1.165, 1.54) is 12.1 Å². The monoisotopic (exact) mass is 295 g/mol. The van der Waals surface area contributed by atoms with Crippen LogP contribution in [-0.4, -0.2) is 11.1 Å². The van der Waals surface area contributed by atoms with Crippen LogP contribution in [0.15, 0.2) is 18.2 Å². The van der Waals surface area contributed by atoms with Gasteiger partial charge in [-0.3, -0.25) is 0 Å². The van der Waals surface area contributed by atoms with Crippen LogP contribution in [0.1, 0.15) is 38.9 Å². The third kappa shape index (κ3) is 4.39. The molecule has 0 amide bonds. The maximum Gasteiger partial charge on any atom is 0.147 e. The van der Waals surface area contributed by atoms with Crippen molar-refractivity contribution < 1.29 is 9.50 Å². The van der Waals surface area contributed by atoms with Gasteiger partial charge in [-0.2, -0.15) is 0 Å². The van der Waals surface area contributed by atoms with E-state index in [1.54, 1.807) is 6.07 Å². The van der Waals surface area contributed by atoms with Crippen LogP contribution < -0.4 is 5.73 Å². The maximum atomic E-state index is 13.7. The van der Waals surface area contributed by atoms with Crippen molar-refractivity contribution in [1.29, 1.82) is 0 Å². The topological polar surface area (TPSA) is 46.2 Å². The molecular formula is C13H20Cl2FNO. The second kappa shape index (κ2) is 6.71. The molecule has 0 spiro atoms. The summed E-state index contributed by atoms with van der Waals surface area (Å²) in [6, 6.07) is 4.39. The van der Waals surface area contributed by atoms with Crippen molar-refractivity contribution in [3.63, 3.8) is 0 Å². The van der Waals surface area contributed by atoms with Gasteiger partial charge in [-0.15, -0.1) is 12.4 Å². The van der Waals surface area contributed by atoms with Crippen molar-refractivity contribution in [2.45, 2.75) is 39.3 Å². The summed E-state index contributed by atoms with van der Waals surface area (Å²) in [5.74, 6) is -0.567. The summed E-state index contributed by atoms with van der Waals surface area (Å²) in [6.45, 7) is 5.95. The molecule has 18 heavy (non-hydrogen) atoms. The van der Waals surface area contributed by atoms with E-state index in [2.05, 4.69) is 0 Å². The number of hydrogen-bond acceptors (Lipinski definition) is 2. The Labute approximate surface area is 119 Å². The molecule has 0 fully saturated rings. The highest BCUT2D eigenvalue weighted by Crippen LogP contribution is 2.29. The third-order valence-electron chi connectivity index (χ3n) is 2.93. The van der Waals surface area contributed by atoms with E-state index in [-0.39, 0.29) is 34.4 Å². The first kappa shape index (κ1) is 17.6. The lowest BCUT2D eigenvalue weighted by Crippen LogP contribution is -2.36. The van der Waals surface area contributed by atoms with E-state index in [9.17, 15) is 9.50 Å². The highest BCUT2D eigenvalue weighted by atomic mass is 35.5. The van der Waals surface area contributed by atoms with Gasteiger partial charge in [0.05, 0.1) is 11.1 Å². The molecule has 2 nitrogen and oxygen atoms in total. The molecular weight excluding hydrogens is 276 g/mol. The van der Waals surface area contributed by atoms with E-state index >= 15 is 0 Å². The molecule has 1 aromatic rings. The van der Waals surface area contributed by atoms with Gasteiger partial charge in [0, 0.05) is 11.6 Å². The summed E-state index contributed by atoms with van der Waals surface area (Å²) in [5.41, 5.74) is 6.04. The van der Waals surface area contributed by atoms with Crippen LogP contribution in [0.3, 0.4) is 0 Å². The zero-order valence-electron chi connectivity index (χ0n) is 10.8. The molecule has 1 rings (SSSR count).